The van der Waals surface area contributed by atoms with Crippen molar-refractivity contribution in [1.29, 1.82) is 0 Å². The van der Waals surface area contributed by atoms with Gasteiger partial charge in [-0.2, -0.15) is 0 Å². The van der Waals surface area contributed by atoms with Crippen molar-refractivity contribution in [2.24, 2.45) is 5.73 Å². The molecule has 0 aromatic carbocycles. The number of nitrogens with two attached hydrogens (primary N) is 1. The van der Waals surface area contributed by atoms with Crippen LogP contribution in [0.3, 0.4) is 0 Å². The van der Waals surface area contributed by atoms with E-state index < -0.39 is 5.91 Å². The molecule has 0 saturated carbocycles. The average molecular weight is 408 g/mol. The Morgan fingerprint density at radius 3 is 2.60 bits per heavy atom. The van der Waals surface area contributed by atoms with Crippen molar-refractivity contribution in [1.82, 2.24) is 15.0 Å². The van der Waals surface area contributed by atoms with Gasteiger partial charge >= 0.3 is 0 Å². The van der Waals surface area contributed by atoms with E-state index in [9.17, 15) is 4.79 Å². The third kappa shape index (κ3) is 4.66. The molecule has 8 heteroatoms. The molecule has 134 valence electrons. The van der Waals surface area contributed by atoms with E-state index in [1.165, 1.54) is 0 Å². The number of amides is 1. The number of aromatic nitrogens is 3. The Bertz CT molecular complexity index is 750. The zero-order valence-corrected chi connectivity index (χ0v) is 16.1. The summed E-state index contributed by atoms with van der Waals surface area (Å²) in [5, 5.41) is 3.38. The second-order valence-corrected chi connectivity index (χ2v) is 6.20. The number of nitrogens with one attached hydrogen (secondary N) is 1. The third-order valence-corrected chi connectivity index (χ3v) is 4.10. The Morgan fingerprint density at radius 2 is 2.00 bits per heavy atom. The summed E-state index contributed by atoms with van der Waals surface area (Å²) in [7, 11) is 0. The van der Waals surface area contributed by atoms with E-state index in [1.54, 1.807) is 18.3 Å². The smallest absolute Gasteiger partial charge is 0.268 e. The molecule has 0 aliphatic rings. The lowest BCUT2D eigenvalue weighted by atomic mass is 10.1. The summed E-state index contributed by atoms with van der Waals surface area (Å²) in [6.45, 7) is 6.49. The lowest BCUT2D eigenvalue weighted by molar-refractivity contribution is 0.0995. The minimum atomic E-state index is -0.644. The maximum Gasteiger partial charge on any atom is 0.268 e. The quantitative estimate of drug-likeness (QED) is 0.694. The van der Waals surface area contributed by atoms with Gasteiger partial charge in [0.1, 0.15) is 16.0 Å². The number of hydrogen-bond acceptors (Lipinski definition) is 6. The van der Waals surface area contributed by atoms with Gasteiger partial charge in [-0.05, 0) is 41.8 Å². The Kier molecular flexibility index (Phi) is 6.69. The van der Waals surface area contributed by atoms with Crippen LogP contribution in [0.4, 0.5) is 5.82 Å². The number of carbonyl (C=O) groups excluding carboxylic acids is 1. The van der Waals surface area contributed by atoms with E-state index in [-0.39, 0.29) is 11.7 Å². The molecule has 0 aliphatic carbocycles. The lowest BCUT2D eigenvalue weighted by Gasteiger charge is -2.18. The first-order valence-corrected chi connectivity index (χ1v) is 9.02. The van der Waals surface area contributed by atoms with Crippen molar-refractivity contribution in [3.8, 4) is 17.1 Å². The molecular weight excluding hydrogens is 386 g/mol. The molecular formula is C17H22BrN5O2. The van der Waals surface area contributed by atoms with Gasteiger partial charge in [0.15, 0.2) is 5.82 Å². The first-order chi connectivity index (χ1) is 12.0. The maximum absolute atomic E-state index is 11.9. The fourth-order valence-corrected chi connectivity index (χ4v) is 2.68. The number of carbonyl (C=O) groups is 1. The first kappa shape index (κ1) is 19.1. The molecule has 0 bridgehead atoms. The SMILES string of the molecule is CCOc1ccc(-c2ncc(Br)nc2NC(CC)CC)c(C(N)=O)n1. The molecule has 2 aromatic heterocycles. The molecule has 0 radical (unpaired) electrons. The van der Waals surface area contributed by atoms with E-state index >= 15 is 0 Å². The Morgan fingerprint density at radius 1 is 1.28 bits per heavy atom. The molecule has 0 unspecified atom stereocenters. The molecule has 0 aliphatic heterocycles. The minimum absolute atomic E-state index is 0.107. The highest BCUT2D eigenvalue weighted by Crippen LogP contribution is 2.30. The molecule has 25 heavy (non-hydrogen) atoms. The van der Waals surface area contributed by atoms with E-state index in [1.807, 2.05) is 6.92 Å². The largest absolute Gasteiger partial charge is 0.478 e. The van der Waals surface area contributed by atoms with Crippen molar-refractivity contribution in [2.75, 3.05) is 11.9 Å². The van der Waals surface area contributed by atoms with Crippen LogP contribution in [0.15, 0.2) is 22.9 Å². The van der Waals surface area contributed by atoms with Crippen molar-refractivity contribution in [2.45, 2.75) is 39.7 Å². The Hall–Kier alpha value is -2.22. The molecule has 1 amide bonds. The van der Waals surface area contributed by atoms with Crippen molar-refractivity contribution in [3.63, 3.8) is 0 Å². The van der Waals surface area contributed by atoms with Crippen LogP contribution in [0.25, 0.3) is 11.3 Å². The van der Waals surface area contributed by atoms with Gasteiger partial charge in [0.25, 0.3) is 5.91 Å². The fourth-order valence-electron chi connectivity index (χ4n) is 2.40. The summed E-state index contributed by atoms with van der Waals surface area (Å²) in [5.41, 5.74) is 6.67. The zero-order chi connectivity index (χ0) is 18.4. The highest BCUT2D eigenvalue weighted by Gasteiger charge is 2.20. The van der Waals surface area contributed by atoms with Gasteiger partial charge in [0, 0.05) is 17.7 Å². The predicted molar refractivity (Wildman–Crippen MR) is 101 cm³/mol. The molecule has 3 N–H and O–H groups in total. The third-order valence-electron chi connectivity index (χ3n) is 3.72. The lowest BCUT2D eigenvalue weighted by Crippen LogP contribution is -2.20. The number of ether oxygens (including phenoxy) is 1. The standard InChI is InChI=1S/C17H22BrN5O2/c1-4-10(5-2)21-17-15(20-9-12(18)22-17)11-7-8-13(25-6-3)23-14(11)16(19)24/h7-10H,4-6H2,1-3H3,(H2,19,24)(H,21,22). The first-order valence-electron chi connectivity index (χ1n) is 8.23. The maximum atomic E-state index is 11.9. The van der Waals surface area contributed by atoms with Crippen molar-refractivity contribution >= 4 is 27.7 Å². The van der Waals surface area contributed by atoms with Crippen LogP contribution in [0, 0.1) is 0 Å². The van der Waals surface area contributed by atoms with Crippen molar-refractivity contribution < 1.29 is 9.53 Å². The van der Waals surface area contributed by atoms with E-state index in [4.69, 9.17) is 10.5 Å². The van der Waals surface area contributed by atoms with Crippen LogP contribution < -0.4 is 15.8 Å². The number of halogens is 1. The molecule has 0 fully saturated rings. The van der Waals surface area contributed by atoms with E-state index in [2.05, 4.69) is 50.0 Å². The summed E-state index contributed by atoms with van der Waals surface area (Å²) in [4.78, 5) is 25.0. The van der Waals surface area contributed by atoms with E-state index in [0.29, 0.717) is 34.2 Å². The van der Waals surface area contributed by atoms with Gasteiger partial charge in [-0.1, -0.05) is 13.8 Å². The van der Waals surface area contributed by atoms with Crippen LogP contribution in [0.5, 0.6) is 5.88 Å². The van der Waals surface area contributed by atoms with Crippen LogP contribution in [-0.2, 0) is 0 Å². The molecule has 7 nitrogen and oxygen atoms in total. The van der Waals surface area contributed by atoms with Crippen LogP contribution >= 0.6 is 15.9 Å². The average Bonchev–Trinajstić information content (AvgIpc) is 2.60. The number of nitrogens with zero attached hydrogens (tertiary/aromatic N) is 3. The van der Waals surface area contributed by atoms with E-state index in [0.717, 1.165) is 12.8 Å². The minimum Gasteiger partial charge on any atom is -0.478 e. The molecule has 2 heterocycles. The number of pyridine rings is 1. The van der Waals surface area contributed by atoms with Gasteiger partial charge in [0.2, 0.25) is 5.88 Å². The highest BCUT2D eigenvalue weighted by atomic mass is 79.9. The van der Waals surface area contributed by atoms with Gasteiger partial charge in [-0.25, -0.2) is 15.0 Å². The molecule has 2 aromatic rings. The number of anilines is 1. The molecule has 0 spiro atoms. The number of hydrogen-bond donors (Lipinski definition) is 2. The zero-order valence-electron chi connectivity index (χ0n) is 14.5. The summed E-state index contributed by atoms with van der Waals surface area (Å²) < 4.78 is 5.96. The second-order valence-electron chi connectivity index (χ2n) is 5.39. The van der Waals surface area contributed by atoms with Gasteiger partial charge < -0.3 is 15.8 Å². The Labute approximate surface area is 155 Å². The molecule has 2 rings (SSSR count). The van der Waals surface area contributed by atoms with Crippen LogP contribution in [0.1, 0.15) is 44.1 Å². The van der Waals surface area contributed by atoms with Crippen molar-refractivity contribution in [3.05, 3.63) is 28.6 Å². The summed E-state index contributed by atoms with van der Waals surface area (Å²) in [5.74, 6) is 0.283. The topological polar surface area (TPSA) is 103 Å². The molecule has 0 saturated heterocycles. The van der Waals surface area contributed by atoms with Gasteiger partial charge in [-0.15, -0.1) is 0 Å². The molecule has 0 atom stereocenters. The Balaban J connectivity index is 2.55. The van der Waals surface area contributed by atoms with Crippen LogP contribution in [0.2, 0.25) is 0 Å². The normalized spacial score (nSPS) is 10.8. The fraction of sp³-hybridized carbons (Fsp3) is 0.412. The van der Waals surface area contributed by atoms with Crippen LogP contribution in [-0.4, -0.2) is 33.5 Å². The number of primary amides is 1. The summed E-state index contributed by atoms with van der Waals surface area (Å²) in [6, 6.07) is 3.67. The van der Waals surface area contributed by atoms with Gasteiger partial charge in [-0.3, -0.25) is 4.79 Å². The second kappa shape index (κ2) is 8.75. The summed E-state index contributed by atoms with van der Waals surface area (Å²) >= 11 is 3.34. The predicted octanol–water partition coefficient (Wildman–Crippen LogP) is 3.40. The monoisotopic (exact) mass is 407 g/mol. The van der Waals surface area contributed by atoms with Gasteiger partial charge in [0.05, 0.1) is 12.8 Å². The summed E-state index contributed by atoms with van der Waals surface area (Å²) in [6.07, 6.45) is 3.46. The number of rotatable bonds is 8. The highest BCUT2D eigenvalue weighted by molar-refractivity contribution is 9.10.